The summed E-state index contributed by atoms with van der Waals surface area (Å²) in [7, 11) is 1.64. The summed E-state index contributed by atoms with van der Waals surface area (Å²) in [5, 5.41) is 0. The summed E-state index contributed by atoms with van der Waals surface area (Å²) < 4.78 is 11.2. The lowest BCUT2D eigenvalue weighted by Crippen LogP contribution is -2.44. The predicted octanol–water partition coefficient (Wildman–Crippen LogP) is 7.18. The first-order chi connectivity index (χ1) is 15.4. The zero-order valence-electron chi connectivity index (χ0n) is 19.9. The molecule has 0 bridgehead atoms. The highest BCUT2D eigenvalue weighted by molar-refractivity contribution is 5.89. The fourth-order valence-electron chi connectivity index (χ4n) is 4.20. The summed E-state index contributed by atoms with van der Waals surface area (Å²) in [6.45, 7) is 5.71. The molecule has 0 spiro atoms. The summed E-state index contributed by atoms with van der Waals surface area (Å²) in [5.41, 5.74) is 1.41. The lowest BCUT2D eigenvalue weighted by atomic mass is 9.88. The molecule has 0 radical (unpaired) electrons. The molecule has 4 heteroatoms. The highest BCUT2D eigenvalue weighted by Crippen LogP contribution is 2.28. The van der Waals surface area contributed by atoms with E-state index in [1.165, 1.54) is 37.7 Å². The molecule has 2 aromatic carbocycles. The van der Waals surface area contributed by atoms with E-state index in [1.54, 1.807) is 12.0 Å². The maximum absolute atomic E-state index is 13.4. The number of carbonyl (C=O) groups is 1. The van der Waals surface area contributed by atoms with Gasteiger partial charge in [-0.05, 0) is 75.8 Å². The second-order valence-electron chi connectivity index (χ2n) is 9.59. The lowest BCUT2D eigenvalue weighted by molar-refractivity contribution is 0.0571. The summed E-state index contributed by atoms with van der Waals surface area (Å²) in [6.07, 6.45) is 11.3. The lowest BCUT2D eigenvalue weighted by Gasteiger charge is -2.33. The Kier molecular flexibility index (Phi) is 8.38. The van der Waals surface area contributed by atoms with E-state index in [0.29, 0.717) is 5.92 Å². The average Bonchev–Trinajstić information content (AvgIpc) is 2.78. The van der Waals surface area contributed by atoms with Crippen LogP contribution in [-0.2, 0) is 11.2 Å². The SMILES string of the molecule is COc1ccc(N(C(=O)OC(C)(C)C)[C@H](/C=C/C2CCCCC2)Cc2ccccc2)cc1. The van der Waals surface area contributed by atoms with Gasteiger partial charge in [-0.15, -0.1) is 0 Å². The van der Waals surface area contributed by atoms with Gasteiger partial charge in [0, 0.05) is 5.69 Å². The molecular formula is C28H37NO3. The van der Waals surface area contributed by atoms with Gasteiger partial charge in [0.1, 0.15) is 11.4 Å². The Morgan fingerprint density at radius 1 is 1.03 bits per heavy atom. The highest BCUT2D eigenvalue weighted by atomic mass is 16.6. The van der Waals surface area contributed by atoms with E-state index in [-0.39, 0.29) is 12.1 Å². The third-order valence-electron chi connectivity index (χ3n) is 5.82. The van der Waals surface area contributed by atoms with Gasteiger partial charge in [-0.3, -0.25) is 4.90 Å². The second-order valence-corrected chi connectivity index (χ2v) is 9.59. The molecule has 4 nitrogen and oxygen atoms in total. The number of anilines is 1. The van der Waals surface area contributed by atoms with Gasteiger partial charge in [-0.2, -0.15) is 0 Å². The number of rotatable bonds is 7. The van der Waals surface area contributed by atoms with Crippen LogP contribution >= 0.6 is 0 Å². The number of nitrogens with zero attached hydrogens (tertiary/aromatic N) is 1. The monoisotopic (exact) mass is 435 g/mol. The van der Waals surface area contributed by atoms with E-state index in [1.807, 2.05) is 63.2 Å². The number of methoxy groups -OCH3 is 1. The largest absolute Gasteiger partial charge is 0.497 e. The number of ether oxygens (including phenoxy) is 2. The van der Waals surface area contributed by atoms with Crippen molar-refractivity contribution >= 4 is 11.8 Å². The second kappa shape index (κ2) is 11.2. The number of benzene rings is 2. The van der Waals surface area contributed by atoms with Crippen molar-refractivity contribution < 1.29 is 14.3 Å². The van der Waals surface area contributed by atoms with Crippen LogP contribution in [0.1, 0.15) is 58.4 Å². The summed E-state index contributed by atoms with van der Waals surface area (Å²) in [6, 6.07) is 17.8. The molecule has 1 fully saturated rings. The zero-order valence-corrected chi connectivity index (χ0v) is 19.9. The van der Waals surface area contributed by atoms with Crippen molar-refractivity contribution in [2.24, 2.45) is 5.92 Å². The Hall–Kier alpha value is -2.75. The minimum Gasteiger partial charge on any atom is -0.497 e. The fourth-order valence-corrected chi connectivity index (χ4v) is 4.20. The van der Waals surface area contributed by atoms with Crippen molar-refractivity contribution in [2.45, 2.75) is 70.9 Å². The van der Waals surface area contributed by atoms with E-state index in [4.69, 9.17) is 9.47 Å². The molecule has 0 heterocycles. The van der Waals surface area contributed by atoms with Crippen LogP contribution in [0.5, 0.6) is 5.75 Å². The first-order valence-corrected chi connectivity index (χ1v) is 11.7. The number of hydrogen-bond acceptors (Lipinski definition) is 3. The fraction of sp³-hybridized carbons (Fsp3) is 0.464. The molecule has 1 amide bonds. The molecule has 172 valence electrons. The zero-order chi connectivity index (χ0) is 23.0. The Bertz CT molecular complexity index is 862. The number of hydrogen-bond donors (Lipinski definition) is 0. The van der Waals surface area contributed by atoms with Crippen LogP contribution in [0.2, 0.25) is 0 Å². The molecule has 0 aliphatic heterocycles. The molecule has 1 atom stereocenters. The first-order valence-electron chi connectivity index (χ1n) is 11.7. The number of amides is 1. The predicted molar refractivity (Wildman–Crippen MR) is 131 cm³/mol. The van der Waals surface area contributed by atoms with Crippen LogP contribution in [0.4, 0.5) is 10.5 Å². The normalized spacial score (nSPS) is 16.0. The van der Waals surface area contributed by atoms with Gasteiger partial charge in [0.2, 0.25) is 0 Å². The van der Waals surface area contributed by atoms with E-state index in [2.05, 4.69) is 24.3 Å². The average molecular weight is 436 g/mol. The van der Waals surface area contributed by atoms with Gasteiger partial charge in [-0.25, -0.2) is 4.79 Å². The van der Waals surface area contributed by atoms with Crippen molar-refractivity contribution in [3.05, 3.63) is 72.3 Å². The highest BCUT2D eigenvalue weighted by Gasteiger charge is 2.29. The molecule has 1 aliphatic carbocycles. The standard InChI is InChI=1S/C28H37NO3/c1-28(2,3)32-27(30)29(24-17-19-26(31-4)20-18-24)25(21-23-13-9-6-10-14-23)16-15-22-11-7-5-8-12-22/h6,9-10,13-20,22,25H,5,7-8,11-12,21H2,1-4H3/b16-15+/t25-/m1/s1. The summed E-state index contributed by atoms with van der Waals surface area (Å²) in [5.74, 6) is 1.34. The number of allylic oxidation sites excluding steroid dienone is 1. The van der Waals surface area contributed by atoms with Crippen molar-refractivity contribution in [1.29, 1.82) is 0 Å². The first kappa shape index (κ1) is 23.9. The molecule has 3 rings (SSSR count). The van der Waals surface area contributed by atoms with Crippen molar-refractivity contribution in [2.75, 3.05) is 12.0 Å². The summed E-state index contributed by atoms with van der Waals surface area (Å²) in [4.78, 5) is 15.2. The van der Waals surface area contributed by atoms with Gasteiger partial charge in [0.25, 0.3) is 0 Å². The minimum atomic E-state index is -0.577. The van der Waals surface area contributed by atoms with Crippen molar-refractivity contribution in [3.8, 4) is 5.75 Å². The molecule has 0 saturated heterocycles. The maximum atomic E-state index is 13.4. The molecule has 1 saturated carbocycles. The van der Waals surface area contributed by atoms with E-state index >= 15 is 0 Å². The van der Waals surface area contributed by atoms with E-state index in [9.17, 15) is 4.79 Å². The molecule has 0 unspecified atom stereocenters. The Morgan fingerprint density at radius 3 is 2.28 bits per heavy atom. The Morgan fingerprint density at radius 2 is 1.69 bits per heavy atom. The van der Waals surface area contributed by atoms with Crippen LogP contribution < -0.4 is 9.64 Å². The van der Waals surface area contributed by atoms with Crippen LogP contribution in [0, 0.1) is 5.92 Å². The molecule has 0 aromatic heterocycles. The molecule has 32 heavy (non-hydrogen) atoms. The van der Waals surface area contributed by atoms with Crippen LogP contribution in [0.3, 0.4) is 0 Å². The summed E-state index contributed by atoms with van der Waals surface area (Å²) >= 11 is 0. The van der Waals surface area contributed by atoms with Gasteiger partial charge in [0.05, 0.1) is 13.2 Å². The van der Waals surface area contributed by atoms with Gasteiger partial charge < -0.3 is 9.47 Å². The third-order valence-corrected chi connectivity index (χ3v) is 5.82. The van der Waals surface area contributed by atoms with Gasteiger partial charge in [-0.1, -0.05) is 61.7 Å². The minimum absolute atomic E-state index is 0.150. The molecule has 1 aliphatic rings. The smallest absolute Gasteiger partial charge is 0.415 e. The van der Waals surface area contributed by atoms with Gasteiger partial charge >= 0.3 is 6.09 Å². The molecular weight excluding hydrogens is 398 g/mol. The molecule has 0 N–H and O–H groups in total. The molecule has 2 aromatic rings. The third kappa shape index (κ3) is 7.15. The Labute approximate surface area is 193 Å². The maximum Gasteiger partial charge on any atom is 0.415 e. The van der Waals surface area contributed by atoms with E-state index < -0.39 is 5.60 Å². The van der Waals surface area contributed by atoms with Gasteiger partial charge in [0.15, 0.2) is 0 Å². The number of carbonyl (C=O) groups excluding carboxylic acids is 1. The Balaban J connectivity index is 1.96. The van der Waals surface area contributed by atoms with Crippen LogP contribution in [-0.4, -0.2) is 24.8 Å². The van der Waals surface area contributed by atoms with Crippen molar-refractivity contribution in [1.82, 2.24) is 0 Å². The topological polar surface area (TPSA) is 38.8 Å². The van der Waals surface area contributed by atoms with E-state index in [0.717, 1.165) is 17.9 Å². The quantitative estimate of drug-likeness (QED) is 0.432. The van der Waals surface area contributed by atoms with Crippen molar-refractivity contribution in [3.63, 3.8) is 0 Å². The van der Waals surface area contributed by atoms with Crippen LogP contribution in [0.15, 0.2) is 66.7 Å². The van der Waals surface area contributed by atoms with Crippen LogP contribution in [0.25, 0.3) is 0 Å².